The molecule has 0 radical (unpaired) electrons. The summed E-state index contributed by atoms with van der Waals surface area (Å²) in [6.07, 6.45) is 0. The normalized spacial score (nSPS) is 12.7. The fraction of sp³-hybridized carbons (Fsp3) is 0.360. The Hall–Kier alpha value is -2.35. The highest BCUT2D eigenvalue weighted by atomic mass is 32.2. The summed E-state index contributed by atoms with van der Waals surface area (Å²) >= 11 is 0. The monoisotopic (exact) mass is 471 g/mol. The number of hydrogen-bond donors (Lipinski definition) is 0. The zero-order chi connectivity index (χ0) is 23.7. The van der Waals surface area contributed by atoms with Gasteiger partial charge in [0, 0.05) is 30.6 Å². The van der Waals surface area contributed by atoms with E-state index in [4.69, 9.17) is 8.61 Å². The standard InChI is InChI=1S/C25H33NO4SSi/c1-25(2,3)32(6,7)29-18-19-14-16-20(17-15-19)30-31(27,28)24-13-9-10-21-22(24)11-8-12-23(21)26(4)5/h8-17H,18H2,1-7H3. The van der Waals surface area contributed by atoms with E-state index in [1.54, 1.807) is 30.3 Å². The molecule has 0 bridgehead atoms. The van der Waals surface area contributed by atoms with Crippen LogP contribution in [0, 0.1) is 0 Å². The van der Waals surface area contributed by atoms with E-state index in [1.165, 1.54) is 0 Å². The lowest BCUT2D eigenvalue weighted by atomic mass is 10.1. The number of nitrogens with zero attached hydrogens (tertiary/aromatic N) is 1. The molecule has 172 valence electrons. The summed E-state index contributed by atoms with van der Waals surface area (Å²) < 4.78 is 37.9. The minimum absolute atomic E-state index is 0.134. The van der Waals surface area contributed by atoms with Gasteiger partial charge in [-0.1, -0.05) is 57.2 Å². The molecule has 5 nitrogen and oxygen atoms in total. The molecule has 0 unspecified atom stereocenters. The minimum atomic E-state index is -3.99. The van der Waals surface area contributed by atoms with Crippen LogP contribution >= 0.6 is 0 Å². The quantitative estimate of drug-likeness (QED) is 0.303. The van der Waals surface area contributed by atoms with E-state index in [-0.39, 0.29) is 15.7 Å². The summed E-state index contributed by atoms with van der Waals surface area (Å²) in [5.74, 6) is 0.279. The molecule has 3 rings (SSSR count). The molecule has 3 aromatic rings. The minimum Gasteiger partial charge on any atom is -0.413 e. The summed E-state index contributed by atoms with van der Waals surface area (Å²) in [5, 5.41) is 1.63. The molecule has 3 aromatic carbocycles. The molecule has 0 aliphatic carbocycles. The lowest BCUT2D eigenvalue weighted by Gasteiger charge is -2.36. The topological polar surface area (TPSA) is 55.8 Å². The second-order valence-electron chi connectivity index (χ2n) is 9.75. The Kier molecular flexibility index (Phi) is 6.74. The van der Waals surface area contributed by atoms with Crippen LogP contribution in [0.4, 0.5) is 5.69 Å². The second kappa shape index (κ2) is 8.88. The van der Waals surface area contributed by atoms with E-state index in [1.807, 2.05) is 49.3 Å². The molecule has 0 saturated carbocycles. The summed E-state index contributed by atoms with van der Waals surface area (Å²) in [6, 6.07) is 17.9. The molecule has 0 heterocycles. The smallest absolute Gasteiger partial charge is 0.339 e. The van der Waals surface area contributed by atoms with E-state index < -0.39 is 18.4 Å². The van der Waals surface area contributed by atoms with Crippen molar-refractivity contribution < 1.29 is 17.0 Å². The van der Waals surface area contributed by atoms with E-state index >= 15 is 0 Å². The second-order valence-corrected chi connectivity index (χ2v) is 16.1. The molecular formula is C25H33NO4SSi. The highest BCUT2D eigenvalue weighted by Crippen LogP contribution is 2.37. The Labute approximate surface area is 193 Å². The Morgan fingerprint density at radius 3 is 2.06 bits per heavy atom. The predicted octanol–water partition coefficient (Wildman–Crippen LogP) is 6.20. The molecule has 0 N–H and O–H groups in total. The van der Waals surface area contributed by atoms with Gasteiger partial charge in [0.25, 0.3) is 0 Å². The van der Waals surface area contributed by atoms with Crippen LogP contribution in [0.1, 0.15) is 26.3 Å². The first kappa shape index (κ1) is 24.3. The van der Waals surface area contributed by atoms with Crippen molar-refractivity contribution in [2.75, 3.05) is 19.0 Å². The maximum Gasteiger partial charge on any atom is 0.339 e. The van der Waals surface area contributed by atoms with Gasteiger partial charge >= 0.3 is 10.1 Å². The maximum absolute atomic E-state index is 13.1. The summed E-state index contributed by atoms with van der Waals surface area (Å²) in [5.41, 5.74) is 1.94. The van der Waals surface area contributed by atoms with Gasteiger partial charge in [0.1, 0.15) is 10.6 Å². The maximum atomic E-state index is 13.1. The summed E-state index contributed by atoms with van der Waals surface area (Å²) in [7, 11) is -1.98. The molecule has 0 aliphatic heterocycles. The number of hydrogen-bond acceptors (Lipinski definition) is 5. The van der Waals surface area contributed by atoms with Crippen LogP contribution in [0.5, 0.6) is 5.75 Å². The molecule has 0 aromatic heterocycles. The van der Waals surface area contributed by atoms with Crippen LogP contribution in [-0.4, -0.2) is 30.8 Å². The van der Waals surface area contributed by atoms with Crippen LogP contribution in [0.3, 0.4) is 0 Å². The number of rotatable bonds is 7. The molecule has 0 amide bonds. The van der Waals surface area contributed by atoms with Gasteiger partial charge in [-0.15, -0.1) is 0 Å². The first-order valence-electron chi connectivity index (χ1n) is 10.7. The van der Waals surface area contributed by atoms with Crippen molar-refractivity contribution in [1.29, 1.82) is 0 Å². The van der Waals surface area contributed by atoms with E-state index in [2.05, 4.69) is 33.9 Å². The fourth-order valence-electron chi connectivity index (χ4n) is 3.17. The zero-order valence-corrected chi connectivity index (χ0v) is 21.8. The van der Waals surface area contributed by atoms with Gasteiger partial charge in [-0.2, -0.15) is 8.42 Å². The van der Waals surface area contributed by atoms with Crippen LogP contribution in [0.15, 0.2) is 65.6 Å². The third-order valence-corrected chi connectivity index (χ3v) is 11.9. The van der Waals surface area contributed by atoms with Crippen molar-refractivity contribution in [3.05, 3.63) is 66.2 Å². The lowest BCUT2D eigenvalue weighted by molar-refractivity contribution is 0.276. The van der Waals surface area contributed by atoms with Crippen molar-refractivity contribution in [2.24, 2.45) is 0 Å². The molecular weight excluding hydrogens is 438 g/mol. The highest BCUT2D eigenvalue weighted by Gasteiger charge is 2.37. The van der Waals surface area contributed by atoms with Crippen molar-refractivity contribution >= 4 is 34.9 Å². The Bertz CT molecular complexity index is 1200. The van der Waals surface area contributed by atoms with Gasteiger partial charge in [-0.3, -0.25) is 0 Å². The summed E-state index contributed by atoms with van der Waals surface area (Å²) in [6.45, 7) is 11.5. The van der Waals surface area contributed by atoms with E-state index in [0.717, 1.165) is 16.6 Å². The van der Waals surface area contributed by atoms with Crippen LogP contribution in [-0.2, 0) is 21.2 Å². The SMILES string of the molecule is CN(C)c1cccc2c(S(=O)(=O)Oc3ccc(CO[Si](C)(C)C(C)(C)C)cc3)cccc12. The molecule has 7 heteroatoms. The molecule has 32 heavy (non-hydrogen) atoms. The van der Waals surface area contributed by atoms with Gasteiger partial charge in [0.2, 0.25) is 0 Å². The van der Waals surface area contributed by atoms with Gasteiger partial charge in [-0.05, 0) is 48.0 Å². The van der Waals surface area contributed by atoms with Gasteiger partial charge in [0.15, 0.2) is 8.32 Å². The van der Waals surface area contributed by atoms with Gasteiger partial charge < -0.3 is 13.5 Å². The Balaban J connectivity index is 1.81. The van der Waals surface area contributed by atoms with E-state index in [9.17, 15) is 8.42 Å². The Morgan fingerprint density at radius 1 is 0.875 bits per heavy atom. The van der Waals surface area contributed by atoms with Gasteiger partial charge in [-0.25, -0.2) is 0 Å². The van der Waals surface area contributed by atoms with Crippen molar-refractivity contribution in [3.63, 3.8) is 0 Å². The van der Waals surface area contributed by atoms with E-state index in [0.29, 0.717) is 12.0 Å². The van der Waals surface area contributed by atoms with Crippen molar-refractivity contribution in [1.82, 2.24) is 0 Å². The zero-order valence-electron chi connectivity index (χ0n) is 20.0. The van der Waals surface area contributed by atoms with Crippen LogP contribution in [0.2, 0.25) is 18.1 Å². The number of fused-ring (bicyclic) bond motifs is 1. The summed E-state index contributed by atoms with van der Waals surface area (Å²) in [4.78, 5) is 2.12. The van der Waals surface area contributed by atoms with Crippen LogP contribution < -0.4 is 9.08 Å². The molecule has 0 aliphatic rings. The van der Waals surface area contributed by atoms with Crippen molar-refractivity contribution in [2.45, 2.75) is 50.4 Å². The fourth-order valence-corrected chi connectivity index (χ4v) is 5.27. The predicted molar refractivity (Wildman–Crippen MR) is 135 cm³/mol. The average Bonchev–Trinajstić information content (AvgIpc) is 2.71. The molecule has 0 atom stereocenters. The average molecular weight is 472 g/mol. The lowest BCUT2D eigenvalue weighted by Crippen LogP contribution is -2.40. The highest BCUT2D eigenvalue weighted by molar-refractivity contribution is 7.87. The first-order valence-corrected chi connectivity index (χ1v) is 15.0. The molecule has 0 saturated heterocycles. The van der Waals surface area contributed by atoms with Crippen molar-refractivity contribution in [3.8, 4) is 5.75 Å². The first-order chi connectivity index (χ1) is 14.8. The largest absolute Gasteiger partial charge is 0.413 e. The Morgan fingerprint density at radius 2 is 1.47 bits per heavy atom. The number of anilines is 1. The van der Waals surface area contributed by atoms with Gasteiger partial charge in [0.05, 0.1) is 6.61 Å². The molecule has 0 fully saturated rings. The number of benzene rings is 3. The third kappa shape index (κ3) is 5.17. The molecule has 0 spiro atoms. The third-order valence-electron chi connectivity index (χ3n) is 6.15. The van der Waals surface area contributed by atoms with Crippen LogP contribution in [0.25, 0.3) is 10.8 Å².